The van der Waals surface area contributed by atoms with Gasteiger partial charge < -0.3 is 20.4 Å². The minimum atomic E-state index is -0.605. The minimum absolute atomic E-state index is 0.0131. The number of thioether (sulfide) groups is 1. The largest absolute Gasteiger partial charge is 0.444 e. The SMILES string of the molecule is CC(C)(C)OC(=O)N[C@H](CS[C@H](Cc1ccccc1)C(=O)NCCc1cccnc1)Cc1c[nH]c2ccccc12. The number of nitrogens with zero attached hydrogens (tertiary/aromatic N) is 1. The number of H-pyrrole nitrogens is 1. The zero-order chi connectivity index (χ0) is 28.4. The molecule has 40 heavy (non-hydrogen) atoms. The van der Waals surface area contributed by atoms with E-state index in [4.69, 9.17) is 4.74 Å². The fourth-order valence-electron chi connectivity index (χ4n) is 4.47. The summed E-state index contributed by atoms with van der Waals surface area (Å²) in [6, 6.07) is 21.8. The molecule has 0 aliphatic carbocycles. The van der Waals surface area contributed by atoms with Crippen LogP contribution in [0.1, 0.15) is 37.5 Å². The highest BCUT2D eigenvalue weighted by Gasteiger charge is 2.25. The summed E-state index contributed by atoms with van der Waals surface area (Å²) in [6.45, 7) is 6.08. The number of para-hydroxylation sites is 1. The van der Waals surface area contributed by atoms with Gasteiger partial charge in [0.15, 0.2) is 0 Å². The van der Waals surface area contributed by atoms with Crippen molar-refractivity contribution >= 4 is 34.7 Å². The first-order valence-electron chi connectivity index (χ1n) is 13.6. The van der Waals surface area contributed by atoms with E-state index in [0.717, 1.165) is 27.6 Å². The maximum atomic E-state index is 13.4. The lowest BCUT2D eigenvalue weighted by molar-refractivity contribution is -0.120. The Morgan fingerprint density at radius 1 is 0.975 bits per heavy atom. The second kappa shape index (κ2) is 14.0. The van der Waals surface area contributed by atoms with Crippen LogP contribution in [0.4, 0.5) is 4.79 Å². The standard InChI is InChI=1S/C32H38N4O3S/c1-32(2,3)39-31(38)36-26(19-25-21-35-28-14-8-7-13-27(25)28)22-40-29(18-23-10-5-4-6-11-23)30(37)34-17-15-24-12-9-16-33-20-24/h4-14,16,20-21,26,29,35H,15,17-19,22H2,1-3H3,(H,34,37)(H,36,38)/t26-,29+/m0/s1. The van der Waals surface area contributed by atoms with Crippen LogP contribution >= 0.6 is 11.8 Å². The van der Waals surface area contributed by atoms with Crippen molar-refractivity contribution in [2.45, 2.75) is 56.9 Å². The van der Waals surface area contributed by atoms with Gasteiger partial charge in [0.25, 0.3) is 0 Å². The smallest absolute Gasteiger partial charge is 0.407 e. The molecule has 2 atom stereocenters. The maximum absolute atomic E-state index is 13.4. The predicted molar refractivity (Wildman–Crippen MR) is 163 cm³/mol. The van der Waals surface area contributed by atoms with Gasteiger partial charge in [0, 0.05) is 47.8 Å². The van der Waals surface area contributed by atoms with E-state index >= 15 is 0 Å². The first-order valence-corrected chi connectivity index (χ1v) is 14.7. The summed E-state index contributed by atoms with van der Waals surface area (Å²) in [5, 5.41) is 6.98. The van der Waals surface area contributed by atoms with E-state index in [-0.39, 0.29) is 17.2 Å². The van der Waals surface area contributed by atoms with Crippen LogP contribution in [-0.2, 0) is 28.8 Å². The van der Waals surface area contributed by atoms with Crippen LogP contribution in [0.3, 0.4) is 0 Å². The number of alkyl carbamates (subject to hydrolysis) is 1. The number of carbonyl (C=O) groups excluding carboxylic acids is 2. The molecule has 4 rings (SSSR count). The van der Waals surface area contributed by atoms with Crippen LogP contribution in [0, 0.1) is 0 Å². The summed E-state index contributed by atoms with van der Waals surface area (Å²) < 4.78 is 5.57. The summed E-state index contributed by atoms with van der Waals surface area (Å²) in [4.78, 5) is 33.6. The molecule has 7 nitrogen and oxygen atoms in total. The number of amides is 2. The quantitative estimate of drug-likeness (QED) is 0.207. The van der Waals surface area contributed by atoms with Gasteiger partial charge in [0.1, 0.15) is 5.60 Å². The van der Waals surface area contributed by atoms with Crippen molar-refractivity contribution in [3.8, 4) is 0 Å². The number of benzene rings is 2. The third-order valence-corrected chi connectivity index (χ3v) is 7.73. The molecule has 210 valence electrons. The molecule has 4 aromatic rings. The van der Waals surface area contributed by atoms with E-state index in [0.29, 0.717) is 31.6 Å². The molecule has 2 aromatic carbocycles. The van der Waals surface area contributed by atoms with Crippen molar-refractivity contribution in [2.24, 2.45) is 0 Å². The fraction of sp³-hybridized carbons (Fsp3) is 0.344. The maximum Gasteiger partial charge on any atom is 0.407 e. The molecule has 3 N–H and O–H groups in total. The van der Waals surface area contributed by atoms with E-state index in [2.05, 4.69) is 26.7 Å². The Balaban J connectivity index is 1.46. The molecule has 2 amide bonds. The molecule has 2 aromatic heterocycles. The van der Waals surface area contributed by atoms with Crippen LogP contribution in [0.25, 0.3) is 10.9 Å². The Kier molecular flexibility index (Phi) is 10.2. The Hall–Kier alpha value is -3.78. The Morgan fingerprint density at radius 3 is 2.48 bits per heavy atom. The van der Waals surface area contributed by atoms with E-state index in [1.807, 2.05) is 93.8 Å². The molecule has 0 bridgehead atoms. The first-order chi connectivity index (χ1) is 19.3. The average Bonchev–Trinajstić information content (AvgIpc) is 3.33. The Morgan fingerprint density at radius 2 is 1.73 bits per heavy atom. The Bertz CT molecular complexity index is 1370. The summed E-state index contributed by atoms with van der Waals surface area (Å²) in [5.41, 5.74) is 3.73. The fourth-order valence-corrected chi connectivity index (χ4v) is 5.68. The third kappa shape index (κ3) is 9.16. The molecule has 8 heteroatoms. The molecule has 0 saturated heterocycles. The van der Waals surface area contributed by atoms with Crippen molar-refractivity contribution in [3.05, 3.63) is 102 Å². The minimum Gasteiger partial charge on any atom is -0.444 e. The number of nitrogens with one attached hydrogen (secondary N) is 3. The third-order valence-electron chi connectivity index (χ3n) is 6.35. The second-order valence-electron chi connectivity index (χ2n) is 10.8. The van der Waals surface area contributed by atoms with E-state index in [1.165, 1.54) is 0 Å². The van der Waals surface area contributed by atoms with Crippen molar-refractivity contribution in [3.63, 3.8) is 0 Å². The summed E-state index contributed by atoms with van der Waals surface area (Å²) in [7, 11) is 0. The lowest BCUT2D eigenvalue weighted by Crippen LogP contribution is -2.43. The molecule has 0 saturated carbocycles. The summed E-state index contributed by atoms with van der Waals surface area (Å²) in [6.07, 6.45) is 7.01. The van der Waals surface area contributed by atoms with Gasteiger partial charge in [-0.2, -0.15) is 0 Å². The number of rotatable bonds is 12. The van der Waals surface area contributed by atoms with Crippen molar-refractivity contribution in [1.82, 2.24) is 20.6 Å². The van der Waals surface area contributed by atoms with Crippen LogP contribution in [0.2, 0.25) is 0 Å². The normalized spacial score (nSPS) is 13.0. The predicted octanol–water partition coefficient (Wildman–Crippen LogP) is 5.70. The van der Waals surface area contributed by atoms with Gasteiger partial charge in [0.2, 0.25) is 5.91 Å². The molecular formula is C32H38N4O3S. The monoisotopic (exact) mass is 558 g/mol. The van der Waals surface area contributed by atoms with Crippen LogP contribution in [0.5, 0.6) is 0 Å². The van der Waals surface area contributed by atoms with Gasteiger partial charge in [-0.3, -0.25) is 9.78 Å². The number of pyridine rings is 1. The summed E-state index contributed by atoms with van der Waals surface area (Å²) >= 11 is 1.56. The number of aromatic amines is 1. The highest BCUT2D eigenvalue weighted by molar-refractivity contribution is 8.00. The zero-order valence-corrected chi connectivity index (χ0v) is 24.2. The molecule has 2 heterocycles. The first kappa shape index (κ1) is 29.2. The average molecular weight is 559 g/mol. The van der Waals surface area contributed by atoms with Gasteiger partial charge in [0.05, 0.1) is 5.25 Å². The van der Waals surface area contributed by atoms with Gasteiger partial charge in [-0.05, 0) is 68.9 Å². The second-order valence-corrected chi connectivity index (χ2v) is 12.1. The lowest BCUT2D eigenvalue weighted by Gasteiger charge is -2.25. The summed E-state index contributed by atoms with van der Waals surface area (Å²) in [5.74, 6) is 0.535. The van der Waals surface area contributed by atoms with Gasteiger partial charge in [-0.15, -0.1) is 11.8 Å². The topological polar surface area (TPSA) is 96.1 Å². The Labute approximate surface area is 240 Å². The number of carbonyl (C=O) groups is 2. The molecule has 0 radical (unpaired) electrons. The van der Waals surface area contributed by atoms with E-state index in [1.54, 1.807) is 18.0 Å². The molecular weight excluding hydrogens is 520 g/mol. The van der Waals surface area contributed by atoms with Crippen molar-refractivity contribution in [1.29, 1.82) is 0 Å². The highest BCUT2D eigenvalue weighted by atomic mass is 32.2. The van der Waals surface area contributed by atoms with Gasteiger partial charge in [-0.25, -0.2) is 4.79 Å². The molecule has 0 aliphatic heterocycles. The van der Waals surface area contributed by atoms with Crippen LogP contribution in [-0.4, -0.2) is 51.2 Å². The number of hydrogen-bond acceptors (Lipinski definition) is 5. The number of hydrogen-bond donors (Lipinski definition) is 3. The van der Waals surface area contributed by atoms with Crippen molar-refractivity contribution in [2.75, 3.05) is 12.3 Å². The van der Waals surface area contributed by atoms with Crippen LogP contribution in [0.15, 0.2) is 85.3 Å². The van der Waals surface area contributed by atoms with Crippen LogP contribution < -0.4 is 10.6 Å². The van der Waals surface area contributed by atoms with Gasteiger partial charge >= 0.3 is 6.09 Å². The number of aromatic nitrogens is 2. The van der Waals surface area contributed by atoms with E-state index < -0.39 is 11.7 Å². The van der Waals surface area contributed by atoms with Gasteiger partial charge in [-0.1, -0.05) is 54.6 Å². The van der Waals surface area contributed by atoms with Crippen molar-refractivity contribution < 1.29 is 14.3 Å². The van der Waals surface area contributed by atoms with E-state index in [9.17, 15) is 9.59 Å². The molecule has 0 fully saturated rings. The zero-order valence-electron chi connectivity index (χ0n) is 23.4. The highest BCUT2D eigenvalue weighted by Crippen LogP contribution is 2.23. The molecule has 0 unspecified atom stereocenters. The molecule has 0 aliphatic rings. The molecule has 0 spiro atoms. The lowest BCUT2D eigenvalue weighted by atomic mass is 10.1. The number of ether oxygens (including phenoxy) is 1. The number of fused-ring (bicyclic) bond motifs is 1.